The van der Waals surface area contributed by atoms with Crippen LogP contribution in [0.3, 0.4) is 0 Å². The standard InChI is InChI=1S/C17H17N3O2S/c1-2-18-17(23)20-19-15(21)9-12-10-22-14-8-7-11-5-3-4-6-13(11)16(12)14/h3-8,10H,2,9H2,1H3,(H,19,21)(H2,18,20,23). The fourth-order valence-corrected chi connectivity index (χ4v) is 2.75. The molecule has 1 amide bonds. The molecule has 1 aromatic heterocycles. The van der Waals surface area contributed by atoms with E-state index < -0.39 is 0 Å². The lowest BCUT2D eigenvalue weighted by molar-refractivity contribution is -0.121. The molecule has 0 bridgehead atoms. The van der Waals surface area contributed by atoms with E-state index in [0.717, 1.165) is 27.3 Å². The Morgan fingerprint density at radius 2 is 2.00 bits per heavy atom. The van der Waals surface area contributed by atoms with Gasteiger partial charge in [0, 0.05) is 17.5 Å². The van der Waals surface area contributed by atoms with E-state index in [9.17, 15) is 4.79 Å². The van der Waals surface area contributed by atoms with Crippen molar-refractivity contribution < 1.29 is 9.21 Å². The van der Waals surface area contributed by atoms with Crippen LogP contribution in [-0.2, 0) is 11.2 Å². The topological polar surface area (TPSA) is 66.3 Å². The van der Waals surface area contributed by atoms with Gasteiger partial charge >= 0.3 is 0 Å². The average Bonchev–Trinajstić information content (AvgIpc) is 2.97. The van der Waals surface area contributed by atoms with Crippen LogP contribution in [-0.4, -0.2) is 17.6 Å². The molecule has 1 heterocycles. The zero-order chi connectivity index (χ0) is 16.2. The minimum Gasteiger partial charge on any atom is -0.464 e. The molecule has 3 N–H and O–H groups in total. The molecule has 0 atom stereocenters. The third-order valence-electron chi connectivity index (χ3n) is 3.54. The van der Waals surface area contributed by atoms with Crippen LogP contribution in [0.1, 0.15) is 12.5 Å². The van der Waals surface area contributed by atoms with E-state index in [2.05, 4.69) is 16.2 Å². The molecule has 0 fully saturated rings. The molecule has 0 spiro atoms. The van der Waals surface area contributed by atoms with E-state index >= 15 is 0 Å². The van der Waals surface area contributed by atoms with Crippen molar-refractivity contribution in [3.63, 3.8) is 0 Å². The summed E-state index contributed by atoms with van der Waals surface area (Å²) in [4.78, 5) is 12.1. The summed E-state index contributed by atoms with van der Waals surface area (Å²) >= 11 is 5.00. The summed E-state index contributed by atoms with van der Waals surface area (Å²) in [7, 11) is 0. The fourth-order valence-electron chi connectivity index (χ4n) is 2.55. The van der Waals surface area contributed by atoms with Gasteiger partial charge in [0.2, 0.25) is 5.91 Å². The number of furan rings is 1. The highest BCUT2D eigenvalue weighted by molar-refractivity contribution is 7.80. The van der Waals surface area contributed by atoms with Gasteiger partial charge in [-0.2, -0.15) is 0 Å². The molecule has 0 saturated carbocycles. The summed E-state index contributed by atoms with van der Waals surface area (Å²) in [5.41, 5.74) is 6.89. The number of fused-ring (bicyclic) bond motifs is 3. The van der Waals surface area contributed by atoms with E-state index in [1.807, 2.05) is 43.3 Å². The molecule has 0 unspecified atom stereocenters. The van der Waals surface area contributed by atoms with E-state index in [1.165, 1.54) is 0 Å². The first-order valence-electron chi connectivity index (χ1n) is 7.39. The summed E-state index contributed by atoms with van der Waals surface area (Å²) in [5, 5.41) is 6.47. The number of hydrazine groups is 1. The van der Waals surface area contributed by atoms with Gasteiger partial charge in [-0.3, -0.25) is 15.6 Å². The summed E-state index contributed by atoms with van der Waals surface area (Å²) in [6, 6.07) is 12.0. The Labute approximate surface area is 139 Å². The lowest BCUT2D eigenvalue weighted by atomic mass is 10.0. The van der Waals surface area contributed by atoms with Crippen molar-refractivity contribution in [1.82, 2.24) is 16.2 Å². The Bertz CT molecular complexity index is 873. The second-order valence-corrected chi connectivity index (χ2v) is 5.54. The highest BCUT2D eigenvalue weighted by Gasteiger charge is 2.13. The molecular formula is C17H17N3O2S. The second kappa shape index (κ2) is 6.66. The maximum Gasteiger partial charge on any atom is 0.242 e. The van der Waals surface area contributed by atoms with Gasteiger partial charge in [0.05, 0.1) is 12.7 Å². The van der Waals surface area contributed by atoms with Gasteiger partial charge < -0.3 is 9.73 Å². The van der Waals surface area contributed by atoms with Crippen molar-refractivity contribution in [3.8, 4) is 0 Å². The number of benzene rings is 2. The van der Waals surface area contributed by atoms with Gasteiger partial charge in [-0.1, -0.05) is 30.3 Å². The number of carbonyl (C=O) groups is 1. The van der Waals surface area contributed by atoms with Gasteiger partial charge in [-0.25, -0.2) is 0 Å². The molecular weight excluding hydrogens is 310 g/mol. The van der Waals surface area contributed by atoms with Crippen LogP contribution in [0.5, 0.6) is 0 Å². The quantitative estimate of drug-likeness (QED) is 0.510. The summed E-state index contributed by atoms with van der Waals surface area (Å²) in [6.07, 6.45) is 1.85. The van der Waals surface area contributed by atoms with Gasteiger partial charge in [0.25, 0.3) is 0 Å². The van der Waals surface area contributed by atoms with E-state index in [-0.39, 0.29) is 12.3 Å². The van der Waals surface area contributed by atoms with E-state index in [0.29, 0.717) is 11.7 Å². The number of amides is 1. The Morgan fingerprint density at radius 1 is 1.17 bits per heavy atom. The van der Waals surface area contributed by atoms with Crippen LogP contribution in [0.25, 0.3) is 21.7 Å². The molecule has 118 valence electrons. The Balaban J connectivity index is 1.82. The maximum absolute atomic E-state index is 12.1. The number of nitrogens with one attached hydrogen (secondary N) is 3. The largest absolute Gasteiger partial charge is 0.464 e. The van der Waals surface area contributed by atoms with Crippen molar-refractivity contribution in [3.05, 3.63) is 48.2 Å². The van der Waals surface area contributed by atoms with E-state index in [4.69, 9.17) is 16.6 Å². The van der Waals surface area contributed by atoms with Crippen molar-refractivity contribution in [2.24, 2.45) is 0 Å². The normalized spacial score (nSPS) is 10.7. The minimum absolute atomic E-state index is 0.180. The number of thiocarbonyl (C=S) groups is 1. The van der Waals surface area contributed by atoms with Crippen LogP contribution in [0, 0.1) is 0 Å². The Kier molecular flexibility index (Phi) is 4.43. The fraction of sp³-hybridized carbons (Fsp3) is 0.176. The predicted molar refractivity (Wildman–Crippen MR) is 95.0 cm³/mol. The zero-order valence-electron chi connectivity index (χ0n) is 12.7. The van der Waals surface area contributed by atoms with Crippen molar-refractivity contribution in [2.75, 3.05) is 6.54 Å². The molecule has 0 radical (unpaired) electrons. The Hall–Kier alpha value is -2.60. The molecule has 0 aliphatic heterocycles. The maximum atomic E-state index is 12.1. The lowest BCUT2D eigenvalue weighted by Crippen LogP contribution is -2.47. The molecule has 6 heteroatoms. The third-order valence-corrected chi connectivity index (χ3v) is 3.79. The highest BCUT2D eigenvalue weighted by Crippen LogP contribution is 2.29. The number of hydrogen-bond donors (Lipinski definition) is 3. The highest BCUT2D eigenvalue weighted by atomic mass is 32.1. The molecule has 3 aromatic rings. The van der Waals surface area contributed by atoms with Gasteiger partial charge in [-0.05, 0) is 36.0 Å². The van der Waals surface area contributed by atoms with Gasteiger partial charge in [0.15, 0.2) is 5.11 Å². The SMILES string of the molecule is CCNC(=S)NNC(=O)Cc1coc2ccc3ccccc3c12. The van der Waals surface area contributed by atoms with Crippen molar-refractivity contribution >= 4 is 45.0 Å². The number of hydrogen-bond acceptors (Lipinski definition) is 3. The molecule has 23 heavy (non-hydrogen) atoms. The molecule has 3 rings (SSSR count). The molecule has 5 nitrogen and oxygen atoms in total. The van der Waals surface area contributed by atoms with Crippen LogP contribution in [0.15, 0.2) is 47.1 Å². The second-order valence-electron chi connectivity index (χ2n) is 5.13. The predicted octanol–water partition coefficient (Wildman–Crippen LogP) is 2.64. The smallest absolute Gasteiger partial charge is 0.242 e. The molecule has 0 saturated heterocycles. The van der Waals surface area contributed by atoms with Crippen LogP contribution >= 0.6 is 12.2 Å². The van der Waals surface area contributed by atoms with Gasteiger partial charge in [0.1, 0.15) is 5.58 Å². The number of rotatable bonds is 3. The van der Waals surface area contributed by atoms with Crippen LogP contribution in [0.4, 0.5) is 0 Å². The minimum atomic E-state index is -0.180. The Morgan fingerprint density at radius 3 is 2.83 bits per heavy atom. The summed E-state index contributed by atoms with van der Waals surface area (Å²) in [5.74, 6) is -0.180. The van der Waals surface area contributed by atoms with Crippen molar-refractivity contribution in [1.29, 1.82) is 0 Å². The third kappa shape index (κ3) is 3.27. The van der Waals surface area contributed by atoms with Crippen LogP contribution < -0.4 is 16.2 Å². The molecule has 0 aliphatic carbocycles. The average molecular weight is 327 g/mol. The first-order valence-corrected chi connectivity index (χ1v) is 7.80. The van der Waals surface area contributed by atoms with Crippen LogP contribution in [0.2, 0.25) is 0 Å². The lowest BCUT2D eigenvalue weighted by Gasteiger charge is -2.09. The first kappa shape index (κ1) is 15.3. The van der Waals surface area contributed by atoms with Gasteiger partial charge in [-0.15, -0.1) is 0 Å². The summed E-state index contributed by atoms with van der Waals surface area (Å²) < 4.78 is 5.58. The zero-order valence-corrected chi connectivity index (χ0v) is 13.5. The summed E-state index contributed by atoms with van der Waals surface area (Å²) in [6.45, 7) is 2.62. The monoisotopic (exact) mass is 327 g/mol. The van der Waals surface area contributed by atoms with Crippen molar-refractivity contribution in [2.45, 2.75) is 13.3 Å². The molecule has 0 aliphatic rings. The number of carbonyl (C=O) groups excluding carboxylic acids is 1. The molecule has 2 aromatic carbocycles. The first-order chi connectivity index (χ1) is 11.2. The van der Waals surface area contributed by atoms with E-state index in [1.54, 1.807) is 6.26 Å².